The molecule has 3 rings (SSSR count). The first-order chi connectivity index (χ1) is 14.0. The SMILES string of the molecule is O=C(COC(=O)c1ccc(-c2ccccc2)cc1)Nc1ccc(OC(F)F)cc1. The molecule has 148 valence electrons. The summed E-state index contributed by atoms with van der Waals surface area (Å²) in [6.45, 7) is -3.40. The standard InChI is InChI=1S/C22H17F2NO4/c23-22(24)29-19-12-10-18(11-13-19)25-20(26)14-28-21(27)17-8-6-16(7-9-17)15-4-2-1-3-5-15/h1-13,22H,14H2,(H,25,26). The number of benzene rings is 3. The minimum Gasteiger partial charge on any atom is -0.452 e. The van der Waals surface area contributed by atoms with Crippen LogP contribution in [0.1, 0.15) is 10.4 Å². The molecule has 3 aromatic carbocycles. The second-order valence-corrected chi connectivity index (χ2v) is 5.97. The summed E-state index contributed by atoms with van der Waals surface area (Å²) >= 11 is 0. The first kappa shape index (κ1) is 20.0. The van der Waals surface area contributed by atoms with Gasteiger partial charge in [-0.2, -0.15) is 8.78 Å². The number of anilines is 1. The van der Waals surface area contributed by atoms with Crippen LogP contribution < -0.4 is 10.1 Å². The van der Waals surface area contributed by atoms with Gasteiger partial charge in [-0.3, -0.25) is 4.79 Å². The molecule has 0 unspecified atom stereocenters. The zero-order chi connectivity index (χ0) is 20.6. The zero-order valence-electron chi connectivity index (χ0n) is 15.2. The highest BCUT2D eigenvalue weighted by atomic mass is 19.3. The van der Waals surface area contributed by atoms with Crippen LogP contribution in [0.5, 0.6) is 5.75 Å². The smallest absolute Gasteiger partial charge is 0.387 e. The Morgan fingerprint density at radius 3 is 2.07 bits per heavy atom. The van der Waals surface area contributed by atoms with Crippen LogP contribution in [0.15, 0.2) is 78.9 Å². The normalized spacial score (nSPS) is 10.4. The van der Waals surface area contributed by atoms with Gasteiger partial charge in [0.05, 0.1) is 5.56 Å². The van der Waals surface area contributed by atoms with E-state index in [-0.39, 0.29) is 5.75 Å². The largest absolute Gasteiger partial charge is 0.452 e. The molecule has 5 nitrogen and oxygen atoms in total. The van der Waals surface area contributed by atoms with Crippen LogP contribution in [0.3, 0.4) is 0 Å². The molecule has 7 heteroatoms. The molecule has 0 radical (unpaired) electrons. The van der Waals surface area contributed by atoms with Crippen molar-refractivity contribution in [2.75, 3.05) is 11.9 Å². The van der Waals surface area contributed by atoms with Crippen molar-refractivity contribution in [3.05, 3.63) is 84.4 Å². The van der Waals surface area contributed by atoms with Crippen molar-refractivity contribution < 1.29 is 27.8 Å². The monoisotopic (exact) mass is 397 g/mol. The fourth-order valence-electron chi connectivity index (χ4n) is 2.56. The lowest BCUT2D eigenvalue weighted by Gasteiger charge is -2.08. The lowest BCUT2D eigenvalue weighted by Crippen LogP contribution is -2.20. The molecule has 1 N–H and O–H groups in total. The van der Waals surface area contributed by atoms with Crippen LogP contribution in [-0.4, -0.2) is 25.1 Å². The highest BCUT2D eigenvalue weighted by molar-refractivity contribution is 5.95. The minimum atomic E-state index is -2.92. The van der Waals surface area contributed by atoms with E-state index in [1.807, 2.05) is 30.3 Å². The maximum atomic E-state index is 12.1. The van der Waals surface area contributed by atoms with Gasteiger partial charge < -0.3 is 14.8 Å². The lowest BCUT2D eigenvalue weighted by atomic mass is 10.0. The van der Waals surface area contributed by atoms with Crippen molar-refractivity contribution in [2.24, 2.45) is 0 Å². The Bertz CT molecular complexity index is 958. The van der Waals surface area contributed by atoms with Gasteiger partial charge >= 0.3 is 12.6 Å². The number of rotatable bonds is 7. The van der Waals surface area contributed by atoms with E-state index in [9.17, 15) is 18.4 Å². The Hall–Kier alpha value is -3.74. The summed E-state index contributed by atoms with van der Waals surface area (Å²) in [6.07, 6.45) is 0. The molecule has 0 heterocycles. The third-order valence-electron chi connectivity index (χ3n) is 3.93. The number of alkyl halides is 2. The van der Waals surface area contributed by atoms with Crippen molar-refractivity contribution >= 4 is 17.6 Å². The Labute approximate surface area is 165 Å². The fourth-order valence-corrected chi connectivity index (χ4v) is 2.56. The van der Waals surface area contributed by atoms with Crippen LogP contribution in [0, 0.1) is 0 Å². The van der Waals surface area contributed by atoms with Crippen molar-refractivity contribution in [3.8, 4) is 16.9 Å². The van der Waals surface area contributed by atoms with Gasteiger partial charge in [-0.25, -0.2) is 4.79 Å². The fraction of sp³-hybridized carbons (Fsp3) is 0.0909. The predicted molar refractivity (Wildman–Crippen MR) is 104 cm³/mol. The van der Waals surface area contributed by atoms with Gasteiger partial charge in [-0.15, -0.1) is 0 Å². The number of nitrogens with one attached hydrogen (secondary N) is 1. The summed E-state index contributed by atoms with van der Waals surface area (Å²) in [4.78, 5) is 24.0. The van der Waals surface area contributed by atoms with Crippen LogP contribution in [0.25, 0.3) is 11.1 Å². The summed E-state index contributed by atoms with van der Waals surface area (Å²) in [7, 11) is 0. The number of ether oxygens (including phenoxy) is 2. The summed E-state index contributed by atoms with van der Waals surface area (Å²) in [5.74, 6) is -1.20. The van der Waals surface area contributed by atoms with E-state index >= 15 is 0 Å². The van der Waals surface area contributed by atoms with E-state index < -0.39 is 25.1 Å². The molecule has 0 aliphatic heterocycles. The molecular formula is C22H17F2NO4. The van der Waals surface area contributed by atoms with E-state index in [0.29, 0.717) is 11.3 Å². The summed E-state index contributed by atoms with van der Waals surface area (Å²) < 4.78 is 33.5. The highest BCUT2D eigenvalue weighted by Crippen LogP contribution is 2.20. The Kier molecular flexibility index (Phi) is 6.52. The van der Waals surface area contributed by atoms with Crippen LogP contribution in [-0.2, 0) is 9.53 Å². The van der Waals surface area contributed by atoms with E-state index in [4.69, 9.17) is 4.74 Å². The maximum Gasteiger partial charge on any atom is 0.387 e. The third kappa shape index (κ3) is 5.87. The van der Waals surface area contributed by atoms with E-state index in [2.05, 4.69) is 10.1 Å². The van der Waals surface area contributed by atoms with Gasteiger partial charge in [0.25, 0.3) is 5.91 Å². The Balaban J connectivity index is 1.50. The quantitative estimate of drug-likeness (QED) is 0.585. The topological polar surface area (TPSA) is 64.6 Å². The average molecular weight is 397 g/mol. The van der Waals surface area contributed by atoms with Crippen molar-refractivity contribution in [1.82, 2.24) is 0 Å². The summed E-state index contributed by atoms with van der Waals surface area (Å²) in [6, 6.07) is 22.0. The van der Waals surface area contributed by atoms with Gasteiger partial charge in [0.1, 0.15) is 5.75 Å². The lowest BCUT2D eigenvalue weighted by molar-refractivity contribution is -0.119. The van der Waals surface area contributed by atoms with Crippen molar-refractivity contribution in [1.29, 1.82) is 0 Å². The number of hydrogen-bond donors (Lipinski definition) is 1. The molecule has 0 aliphatic carbocycles. The molecule has 0 spiro atoms. The maximum absolute atomic E-state index is 12.1. The van der Waals surface area contributed by atoms with Crippen LogP contribution in [0.2, 0.25) is 0 Å². The molecule has 0 fully saturated rings. The van der Waals surface area contributed by atoms with E-state index in [0.717, 1.165) is 11.1 Å². The van der Waals surface area contributed by atoms with E-state index in [1.165, 1.54) is 24.3 Å². The Morgan fingerprint density at radius 2 is 1.45 bits per heavy atom. The van der Waals surface area contributed by atoms with Gasteiger partial charge in [0.15, 0.2) is 6.61 Å². The van der Waals surface area contributed by atoms with Gasteiger partial charge in [0, 0.05) is 5.69 Å². The Morgan fingerprint density at radius 1 is 0.828 bits per heavy atom. The van der Waals surface area contributed by atoms with Crippen molar-refractivity contribution in [2.45, 2.75) is 6.61 Å². The van der Waals surface area contributed by atoms with Crippen molar-refractivity contribution in [3.63, 3.8) is 0 Å². The first-order valence-corrected chi connectivity index (χ1v) is 8.68. The van der Waals surface area contributed by atoms with Gasteiger partial charge in [-0.1, -0.05) is 42.5 Å². The molecule has 0 atom stereocenters. The molecule has 3 aromatic rings. The molecule has 0 bridgehead atoms. The van der Waals surface area contributed by atoms with Crippen LogP contribution >= 0.6 is 0 Å². The van der Waals surface area contributed by atoms with Crippen LogP contribution in [0.4, 0.5) is 14.5 Å². The third-order valence-corrected chi connectivity index (χ3v) is 3.93. The number of carbonyl (C=O) groups is 2. The predicted octanol–water partition coefficient (Wildman–Crippen LogP) is 4.75. The molecule has 0 aromatic heterocycles. The first-order valence-electron chi connectivity index (χ1n) is 8.68. The second-order valence-electron chi connectivity index (χ2n) is 5.97. The zero-order valence-corrected chi connectivity index (χ0v) is 15.2. The molecular weight excluding hydrogens is 380 g/mol. The van der Waals surface area contributed by atoms with E-state index in [1.54, 1.807) is 24.3 Å². The number of amides is 1. The molecule has 1 amide bonds. The average Bonchev–Trinajstić information content (AvgIpc) is 2.74. The number of halogens is 2. The second kappa shape index (κ2) is 9.45. The van der Waals surface area contributed by atoms with Gasteiger partial charge in [-0.05, 0) is 47.5 Å². The molecule has 29 heavy (non-hydrogen) atoms. The summed E-state index contributed by atoms with van der Waals surface area (Å²) in [5.41, 5.74) is 2.67. The molecule has 0 saturated heterocycles. The molecule has 0 aliphatic rings. The highest BCUT2D eigenvalue weighted by Gasteiger charge is 2.11. The minimum absolute atomic E-state index is 0.0247. The number of carbonyl (C=O) groups excluding carboxylic acids is 2. The van der Waals surface area contributed by atoms with Gasteiger partial charge in [0.2, 0.25) is 0 Å². The number of hydrogen-bond acceptors (Lipinski definition) is 4. The molecule has 0 saturated carbocycles. The number of esters is 1. The summed E-state index contributed by atoms with van der Waals surface area (Å²) in [5, 5.41) is 2.50.